The predicted molar refractivity (Wildman–Crippen MR) is 176 cm³/mol. The second-order valence-corrected chi connectivity index (χ2v) is 11.7. The molecule has 0 saturated carbocycles. The predicted octanol–water partition coefficient (Wildman–Crippen LogP) is 2.48. The van der Waals surface area contributed by atoms with Crippen molar-refractivity contribution in [1.82, 2.24) is 25.1 Å². The molecule has 13 heteroatoms. The van der Waals surface area contributed by atoms with E-state index in [1.165, 1.54) is 6.20 Å². The van der Waals surface area contributed by atoms with Gasteiger partial charge in [-0.1, -0.05) is 12.1 Å². The van der Waals surface area contributed by atoms with E-state index in [4.69, 9.17) is 14.2 Å². The molecule has 48 heavy (non-hydrogen) atoms. The highest BCUT2D eigenvalue weighted by molar-refractivity contribution is 6.00. The zero-order valence-electron chi connectivity index (χ0n) is 27.1. The highest BCUT2D eigenvalue weighted by Crippen LogP contribution is 2.27. The summed E-state index contributed by atoms with van der Waals surface area (Å²) in [5.74, 6) is -0.683. The van der Waals surface area contributed by atoms with Crippen LogP contribution in [0, 0.1) is 0 Å². The Balaban J connectivity index is 1.27. The molecule has 2 N–H and O–H groups in total. The van der Waals surface area contributed by atoms with Crippen molar-refractivity contribution < 1.29 is 33.4 Å². The number of pyridine rings is 2. The molecule has 2 aliphatic rings. The van der Waals surface area contributed by atoms with Crippen LogP contribution >= 0.6 is 0 Å². The third kappa shape index (κ3) is 9.14. The van der Waals surface area contributed by atoms with E-state index in [9.17, 15) is 19.2 Å². The van der Waals surface area contributed by atoms with Gasteiger partial charge >= 0.3 is 0 Å². The minimum atomic E-state index is -0.949. The van der Waals surface area contributed by atoms with Crippen LogP contribution in [-0.2, 0) is 30.3 Å². The molecule has 1 aromatic carbocycles. The van der Waals surface area contributed by atoms with Crippen molar-refractivity contribution in [3.8, 4) is 5.75 Å². The number of hydrogen-bond acceptors (Lipinski definition) is 9. The lowest BCUT2D eigenvalue weighted by Gasteiger charge is -2.33. The minimum Gasteiger partial charge on any atom is -0.491 e. The molecule has 3 atom stereocenters. The second kappa shape index (κ2) is 17.3. The summed E-state index contributed by atoms with van der Waals surface area (Å²) in [6, 6.07) is 11.7. The standard InChI is InChI=1S/C35H42N6O7/c1-46-18-19-47-20-21-48-28-12-10-25(11-13-28)22-29(39-32(42)26-6-2-14-36-23-26)34(44)41-17-5-9-31(41)35(45)40-16-4-8-30(40)33(43)38-27-7-3-15-37-24-27/h2-3,6-7,10-15,23-24,29-31H,4-5,8-9,16-22H2,1H3,(H,38,43)(H,39,42)/t29-,30-,31-/m0/s1. The maximum Gasteiger partial charge on any atom is 0.253 e. The molecule has 2 aliphatic heterocycles. The number of nitrogens with one attached hydrogen (secondary N) is 2. The van der Waals surface area contributed by atoms with Crippen LogP contribution in [0.4, 0.5) is 5.69 Å². The zero-order valence-corrected chi connectivity index (χ0v) is 27.1. The van der Waals surface area contributed by atoms with Crippen LogP contribution in [0.2, 0.25) is 0 Å². The Labute approximate surface area is 280 Å². The van der Waals surface area contributed by atoms with E-state index in [0.29, 0.717) is 82.2 Å². The average molecular weight is 659 g/mol. The quantitative estimate of drug-likeness (QED) is 0.235. The number of aromatic nitrogens is 2. The highest BCUT2D eigenvalue weighted by atomic mass is 16.5. The largest absolute Gasteiger partial charge is 0.491 e. The molecule has 2 fully saturated rings. The maximum atomic E-state index is 14.2. The number of benzene rings is 1. The van der Waals surface area contributed by atoms with Crippen molar-refractivity contribution in [3.05, 3.63) is 84.4 Å². The van der Waals surface area contributed by atoms with Gasteiger partial charge in [-0.3, -0.25) is 29.1 Å². The SMILES string of the molecule is COCCOCCOc1ccc(C[C@H](NC(=O)c2cccnc2)C(=O)N2CCC[C@H]2C(=O)N2CCC[C@H]2C(=O)Nc2cccnc2)cc1. The van der Waals surface area contributed by atoms with Crippen LogP contribution in [0.15, 0.2) is 73.3 Å². The third-order valence-electron chi connectivity index (χ3n) is 8.41. The summed E-state index contributed by atoms with van der Waals surface area (Å²) in [7, 11) is 1.62. The highest BCUT2D eigenvalue weighted by Gasteiger charge is 2.43. The zero-order chi connectivity index (χ0) is 33.7. The Kier molecular flexibility index (Phi) is 12.4. The Hall–Kier alpha value is -4.88. The van der Waals surface area contributed by atoms with Crippen LogP contribution < -0.4 is 15.4 Å². The molecular formula is C35H42N6O7. The summed E-state index contributed by atoms with van der Waals surface area (Å²) in [5.41, 5.74) is 1.68. The minimum absolute atomic E-state index is 0.197. The number of ether oxygens (including phenoxy) is 3. The van der Waals surface area contributed by atoms with Gasteiger partial charge in [0.25, 0.3) is 5.91 Å². The van der Waals surface area contributed by atoms with Gasteiger partial charge < -0.3 is 34.6 Å². The number of likely N-dealkylation sites (tertiary alicyclic amines) is 2. The van der Waals surface area contributed by atoms with Crippen LogP contribution in [0.1, 0.15) is 41.6 Å². The van der Waals surface area contributed by atoms with Gasteiger partial charge in [-0.25, -0.2) is 0 Å². The normalized spacial score (nSPS) is 17.9. The second-order valence-electron chi connectivity index (χ2n) is 11.7. The van der Waals surface area contributed by atoms with Crippen molar-refractivity contribution in [2.24, 2.45) is 0 Å². The number of nitrogens with zero attached hydrogens (tertiary/aromatic N) is 4. The van der Waals surface area contributed by atoms with Crippen LogP contribution in [0.5, 0.6) is 5.75 Å². The summed E-state index contributed by atoms with van der Waals surface area (Å²) >= 11 is 0. The van der Waals surface area contributed by atoms with Gasteiger partial charge in [0, 0.05) is 45.2 Å². The van der Waals surface area contributed by atoms with Gasteiger partial charge in [0.15, 0.2) is 0 Å². The molecular weight excluding hydrogens is 616 g/mol. The van der Waals surface area contributed by atoms with Crippen molar-refractivity contribution >= 4 is 29.3 Å². The fourth-order valence-electron chi connectivity index (χ4n) is 6.00. The van der Waals surface area contributed by atoms with Gasteiger partial charge in [-0.15, -0.1) is 0 Å². The summed E-state index contributed by atoms with van der Waals surface area (Å²) < 4.78 is 16.2. The lowest BCUT2D eigenvalue weighted by molar-refractivity contribution is -0.146. The van der Waals surface area contributed by atoms with Crippen molar-refractivity contribution in [1.29, 1.82) is 0 Å². The smallest absolute Gasteiger partial charge is 0.253 e. The van der Waals surface area contributed by atoms with Gasteiger partial charge in [0.05, 0.1) is 37.3 Å². The molecule has 4 heterocycles. The number of methoxy groups -OCH3 is 1. The molecule has 254 valence electrons. The van der Waals surface area contributed by atoms with Gasteiger partial charge in [-0.05, 0) is 67.6 Å². The Morgan fingerprint density at radius 2 is 1.56 bits per heavy atom. The Morgan fingerprint density at radius 1 is 0.854 bits per heavy atom. The fraction of sp³-hybridized carbons (Fsp3) is 0.429. The maximum absolute atomic E-state index is 14.2. The van der Waals surface area contributed by atoms with Crippen LogP contribution in [0.25, 0.3) is 0 Å². The van der Waals surface area contributed by atoms with Crippen molar-refractivity contribution in [2.45, 2.75) is 50.2 Å². The van der Waals surface area contributed by atoms with E-state index in [2.05, 4.69) is 20.6 Å². The number of carbonyl (C=O) groups is 4. The molecule has 0 unspecified atom stereocenters. The lowest BCUT2D eigenvalue weighted by atomic mass is 10.0. The third-order valence-corrected chi connectivity index (χ3v) is 8.41. The van der Waals surface area contributed by atoms with E-state index in [0.717, 1.165) is 5.56 Å². The first-order chi connectivity index (χ1) is 23.4. The lowest BCUT2D eigenvalue weighted by Crippen LogP contribution is -2.56. The van der Waals surface area contributed by atoms with Gasteiger partial charge in [0.1, 0.15) is 30.5 Å². The van der Waals surface area contributed by atoms with Crippen molar-refractivity contribution in [3.63, 3.8) is 0 Å². The fourth-order valence-corrected chi connectivity index (χ4v) is 6.00. The average Bonchev–Trinajstić information content (AvgIpc) is 3.82. The molecule has 2 aromatic heterocycles. The Bertz CT molecular complexity index is 1510. The first kappa shape index (κ1) is 34.5. The van der Waals surface area contributed by atoms with E-state index >= 15 is 0 Å². The molecule has 0 bridgehead atoms. The molecule has 0 aliphatic carbocycles. The molecule has 13 nitrogen and oxygen atoms in total. The van der Waals surface area contributed by atoms with E-state index in [1.807, 2.05) is 12.1 Å². The monoisotopic (exact) mass is 658 g/mol. The van der Waals surface area contributed by atoms with Crippen molar-refractivity contribution in [2.75, 3.05) is 51.9 Å². The van der Waals surface area contributed by atoms with E-state index in [1.54, 1.807) is 71.9 Å². The molecule has 3 aromatic rings. The molecule has 2 saturated heterocycles. The molecule has 5 rings (SSSR count). The summed E-state index contributed by atoms with van der Waals surface area (Å²) in [6.45, 7) is 2.60. The molecule has 0 radical (unpaired) electrons. The van der Waals surface area contributed by atoms with E-state index < -0.39 is 24.0 Å². The first-order valence-electron chi connectivity index (χ1n) is 16.3. The van der Waals surface area contributed by atoms with E-state index in [-0.39, 0.29) is 24.1 Å². The topological polar surface area (TPSA) is 152 Å². The first-order valence-corrected chi connectivity index (χ1v) is 16.3. The number of hydrogen-bond donors (Lipinski definition) is 2. The number of carbonyl (C=O) groups excluding carboxylic acids is 4. The number of amides is 4. The van der Waals surface area contributed by atoms with Gasteiger partial charge in [-0.2, -0.15) is 0 Å². The summed E-state index contributed by atoms with van der Waals surface area (Å²) in [6.07, 6.45) is 8.69. The van der Waals surface area contributed by atoms with Crippen LogP contribution in [0.3, 0.4) is 0 Å². The summed E-state index contributed by atoms with van der Waals surface area (Å²) in [4.78, 5) is 65.8. The summed E-state index contributed by atoms with van der Waals surface area (Å²) in [5, 5.41) is 5.75. The van der Waals surface area contributed by atoms with Gasteiger partial charge in [0.2, 0.25) is 17.7 Å². The molecule has 4 amide bonds. The Morgan fingerprint density at radius 3 is 2.27 bits per heavy atom. The number of anilines is 1. The van der Waals surface area contributed by atoms with Crippen LogP contribution in [-0.4, -0.2) is 108 Å². The number of rotatable bonds is 15. The molecule has 0 spiro atoms.